The van der Waals surface area contributed by atoms with Gasteiger partial charge >= 0.3 is 6.09 Å². The zero-order valence-electron chi connectivity index (χ0n) is 12.9. The van der Waals surface area contributed by atoms with Crippen molar-refractivity contribution in [2.75, 3.05) is 6.61 Å². The predicted molar refractivity (Wildman–Crippen MR) is 77.8 cm³/mol. The second-order valence-electron chi connectivity index (χ2n) is 6.79. The van der Waals surface area contributed by atoms with Crippen LogP contribution in [0.3, 0.4) is 0 Å². The minimum absolute atomic E-state index is 0.0875. The van der Waals surface area contributed by atoms with Gasteiger partial charge < -0.3 is 14.8 Å². The average Bonchev–Trinajstić information content (AvgIpc) is 2.97. The topological polar surface area (TPSA) is 96.3 Å². The van der Waals surface area contributed by atoms with E-state index in [1.54, 1.807) is 0 Å². The highest BCUT2D eigenvalue weighted by molar-refractivity contribution is 5.68. The third kappa shape index (κ3) is 4.25. The summed E-state index contributed by atoms with van der Waals surface area (Å²) in [6, 6.07) is -0.674. The van der Waals surface area contributed by atoms with Crippen LogP contribution in [-0.4, -0.2) is 36.5 Å². The number of nitrogens with zero attached hydrogens (tertiary/aromatic N) is 3. The lowest BCUT2D eigenvalue weighted by atomic mass is 9.93. The summed E-state index contributed by atoms with van der Waals surface area (Å²) in [5.41, 5.74) is 8.12. The van der Waals surface area contributed by atoms with Crippen LogP contribution < -0.4 is 5.32 Å². The van der Waals surface area contributed by atoms with Crippen LogP contribution in [0.4, 0.5) is 4.79 Å². The van der Waals surface area contributed by atoms with Crippen molar-refractivity contribution < 1.29 is 14.3 Å². The summed E-state index contributed by atoms with van der Waals surface area (Å²) in [6.45, 7) is 5.80. The molecule has 7 heteroatoms. The van der Waals surface area contributed by atoms with E-state index in [2.05, 4.69) is 15.3 Å². The third-order valence-electron chi connectivity index (χ3n) is 3.98. The van der Waals surface area contributed by atoms with Gasteiger partial charge in [0.2, 0.25) is 0 Å². The standard InChI is InChI=1S/C14H24N4O3/c1-14(2,3)21-13(19)16-11-10(17-18-15)8-20-12(11)9-6-4-5-7-9/h9-12H,4-8H2,1-3H3,(H,16,19)/t10?,11-,12?/m1/s1. The van der Waals surface area contributed by atoms with E-state index in [0.29, 0.717) is 12.5 Å². The van der Waals surface area contributed by atoms with Gasteiger partial charge in [-0.25, -0.2) is 4.79 Å². The molecule has 0 bridgehead atoms. The number of amides is 1. The molecule has 2 aliphatic rings. The van der Waals surface area contributed by atoms with E-state index in [1.807, 2.05) is 20.8 Å². The monoisotopic (exact) mass is 296 g/mol. The van der Waals surface area contributed by atoms with Crippen molar-refractivity contribution in [2.45, 2.75) is 70.2 Å². The summed E-state index contributed by atoms with van der Waals surface area (Å²) in [5.74, 6) is 0.420. The fourth-order valence-corrected chi connectivity index (χ4v) is 3.14. The fraction of sp³-hybridized carbons (Fsp3) is 0.929. The molecule has 1 saturated carbocycles. The van der Waals surface area contributed by atoms with E-state index in [9.17, 15) is 4.79 Å². The molecule has 2 fully saturated rings. The molecule has 1 amide bonds. The molecule has 7 nitrogen and oxygen atoms in total. The maximum absolute atomic E-state index is 12.0. The van der Waals surface area contributed by atoms with Crippen molar-refractivity contribution in [3.05, 3.63) is 10.4 Å². The summed E-state index contributed by atoms with van der Waals surface area (Å²) in [6.07, 6.45) is 4.00. The lowest BCUT2D eigenvalue weighted by Crippen LogP contribution is -2.49. The number of carbonyl (C=O) groups is 1. The number of azide groups is 1. The van der Waals surface area contributed by atoms with Gasteiger partial charge in [-0.3, -0.25) is 0 Å². The van der Waals surface area contributed by atoms with Crippen LogP contribution in [0.1, 0.15) is 46.5 Å². The lowest BCUT2D eigenvalue weighted by Gasteiger charge is -2.28. The van der Waals surface area contributed by atoms with Gasteiger partial charge in [0, 0.05) is 4.91 Å². The quantitative estimate of drug-likeness (QED) is 0.492. The molecule has 1 heterocycles. The highest BCUT2D eigenvalue weighted by atomic mass is 16.6. The van der Waals surface area contributed by atoms with E-state index >= 15 is 0 Å². The summed E-state index contributed by atoms with van der Waals surface area (Å²) in [5, 5.41) is 6.61. The van der Waals surface area contributed by atoms with Gasteiger partial charge in [0.15, 0.2) is 0 Å². The van der Waals surface area contributed by atoms with Gasteiger partial charge in [0.05, 0.1) is 24.8 Å². The van der Waals surface area contributed by atoms with Gasteiger partial charge in [0.1, 0.15) is 5.60 Å². The smallest absolute Gasteiger partial charge is 0.407 e. The molecular weight excluding hydrogens is 272 g/mol. The van der Waals surface area contributed by atoms with Gasteiger partial charge in [-0.05, 0) is 45.1 Å². The second kappa shape index (κ2) is 6.54. The molecule has 118 valence electrons. The minimum atomic E-state index is -0.555. The molecule has 0 radical (unpaired) electrons. The molecule has 1 saturated heterocycles. The molecule has 1 aliphatic heterocycles. The molecule has 1 aliphatic carbocycles. The van der Waals surface area contributed by atoms with E-state index < -0.39 is 11.7 Å². The SMILES string of the molecule is CC(C)(C)OC(=O)N[C@@H]1C(N=[N+]=[N-])COC1C1CCCC1. The first-order chi connectivity index (χ1) is 9.90. The number of nitrogens with one attached hydrogen (secondary N) is 1. The molecule has 0 spiro atoms. The van der Waals surface area contributed by atoms with Gasteiger partial charge in [-0.15, -0.1) is 0 Å². The van der Waals surface area contributed by atoms with E-state index in [4.69, 9.17) is 15.0 Å². The molecule has 0 aromatic rings. The van der Waals surface area contributed by atoms with Crippen LogP contribution in [0.15, 0.2) is 5.11 Å². The Kier molecular flexibility index (Phi) is 4.96. The Labute approximate surface area is 125 Å². The molecule has 0 aromatic heterocycles. The van der Waals surface area contributed by atoms with Crippen LogP contribution in [0.2, 0.25) is 0 Å². The second-order valence-corrected chi connectivity index (χ2v) is 6.79. The lowest BCUT2D eigenvalue weighted by molar-refractivity contribution is 0.0333. The maximum Gasteiger partial charge on any atom is 0.407 e. The highest BCUT2D eigenvalue weighted by Gasteiger charge is 2.43. The first kappa shape index (κ1) is 15.9. The first-order valence-corrected chi connectivity index (χ1v) is 7.56. The Morgan fingerprint density at radius 1 is 1.38 bits per heavy atom. The van der Waals surface area contributed by atoms with Crippen LogP contribution in [0.5, 0.6) is 0 Å². The largest absolute Gasteiger partial charge is 0.444 e. The van der Waals surface area contributed by atoms with Gasteiger partial charge in [0.25, 0.3) is 0 Å². The number of hydrogen-bond acceptors (Lipinski definition) is 4. The Balaban J connectivity index is 2.05. The van der Waals surface area contributed by atoms with Gasteiger partial charge in [-0.2, -0.15) is 0 Å². The van der Waals surface area contributed by atoms with Crippen molar-refractivity contribution in [3.63, 3.8) is 0 Å². The van der Waals surface area contributed by atoms with Crippen LogP contribution in [0, 0.1) is 5.92 Å². The number of alkyl carbamates (subject to hydrolysis) is 1. The minimum Gasteiger partial charge on any atom is -0.444 e. The number of rotatable bonds is 3. The zero-order chi connectivity index (χ0) is 15.5. The summed E-state index contributed by atoms with van der Waals surface area (Å²) < 4.78 is 11.1. The molecule has 1 N–H and O–H groups in total. The molecule has 3 atom stereocenters. The predicted octanol–water partition coefficient (Wildman–Crippen LogP) is 3.15. The molecule has 2 rings (SSSR count). The number of carbonyl (C=O) groups excluding carboxylic acids is 1. The van der Waals surface area contributed by atoms with Crippen molar-refractivity contribution >= 4 is 6.09 Å². The summed E-state index contributed by atoms with van der Waals surface area (Å²) >= 11 is 0. The van der Waals surface area contributed by atoms with Crippen molar-refractivity contribution in [2.24, 2.45) is 11.0 Å². The number of ether oxygens (including phenoxy) is 2. The molecule has 21 heavy (non-hydrogen) atoms. The Morgan fingerprint density at radius 3 is 2.62 bits per heavy atom. The van der Waals surface area contributed by atoms with Crippen LogP contribution in [-0.2, 0) is 9.47 Å². The molecular formula is C14H24N4O3. The average molecular weight is 296 g/mol. The van der Waals surface area contributed by atoms with E-state index in [0.717, 1.165) is 12.8 Å². The number of hydrogen-bond donors (Lipinski definition) is 1. The van der Waals surface area contributed by atoms with Crippen molar-refractivity contribution in [3.8, 4) is 0 Å². The van der Waals surface area contributed by atoms with Crippen LogP contribution in [0.25, 0.3) is 10.4 Å². The zero-order valence-corrected chi connectivity index (χ0v) is 12.9. The molecule has 2 unspecified atom stereocenters. The fourth-order valence-electron chi connectivity index (χ4n) is 3.14. The van der Waals surface area contributed by atoms with E-state index in [-0.39, 0.29) is 18.2 Å². The van der Waals surface area contributed by atoms with Gasteiger partial charge in [-0.1, -0.05) is 18.0 Å². The Bertz CT molecular complexity index is 422. The van der Waals surface area contributed by atoms with Crippen LogP contribution >= 0.6 is 0 Å². The first-order valence-electron chi connectivity index (χ1n) is 7.56. The maximum atomic E-state index is 12.0. The third-order valence-corrected chi connectivity index (χ3v) is 3.98. The summed E-state index contributed by atoms with van der Waals surface area (Å²) in [7, 11) is 0. The van der Waals surface area contributed by atoms with E-state index in [1.165, 1.54) is 12.8 Å². The van der Waals surface area contributed by atoms with Crippen molar-refractivity contribution in [1.29, 1.82) is 0 Å². The highest BCUT2D eigenvalue weighted by Crippen LogP contribution is 2.35. The molecule has 0 aromatic carbocycles. The summed E-state index contributed by atoms with van der Waals surface area (Å²) in [4.78, 5) is 14.9. The Hall–Kier alpha value is -1.46. The van der Waals surface area contributed by atoms with Crippen molar-refractivity contribution in [1.82, 2.24) is 5.32 Å². The Morgan fingerprint density at radius 2 is 2.05 bits per heavy atom. The normalized spacial score (nSPS) is 30.0.